The normalized spacial score (nSPS) is 25.2. The first-order valence-corrected chi connectivity index (χ1v) is 7.66. The Balaban J connectivity index is 1.91. The number of aryl methyl sites for hydroxylation is 1. The number of rotatable bonds is 5. The molecule has 0 amide bonds. The molecule has 0 aromatic heterocycles. The summed E-state index contributed by atoms with van der Waals surface area (Å²) in [5, 5.41) is 13.0. The highest BCUT2D eigenvalue weighted by molar-refractivity contribution is 5.24. The lowest BCUT2D eigenvalue weighted by Crippen LogP contribution is -2.36. The van der Waals surface area contributed by atoms with Gasteiger partial charge in [0.05, 0.1) is 0 Å². The maximum absolute atomic E-state index is 9.19. The predicted molar refractivity (Wildman–Crippen MR) is 80.2 cm³/mol. The molecule has 0 heterocycles. The van der Waals surface area contributed by atoms with Gasteiger partial charge in [0.15, 0.2) is 0 Å². The molecule has 1 aromatic carbocycles. The molecular formula is C17H27NO. The first-order chi connectivity index (χ1) is 9.22. The largest absolute Gasteiger partial charge is 0.396 e. The molecule has 1 saturated carbocycles. The van der Waals surface area contributed by atoms with Crippen LogP contribution in [0.3, 0.4) is 0 Å². The molecule has 2 heteroatoms. The third kappa shape index (κ3) is 4.05. The molecule has 0 saturated heterocycles. The monoisotopic (exact) mass is 261 g/mol. The summed E-state index contributed by atoms with van der Waals surface area (Å²) in [7, 11) is 0. The molecule has 106 valence electrons. The van der Waals surface area contributed by atoms with Crippen LogP contribution in [0.4, 0.5) is 0 Å². The number of hydrogen-bond donors (Lipinski definition) is 2. The van der Waals surface area contributed by atoms with Crippen molar-refractivity contribution < 1.29 is 5.11 Å². The van der Waals surface area contributed by atoms with Crippen molar-refractivity contribution in [3.8, 4) is 0 Å². The van der Waals surface area contributed by atoms with Gasteiger partial charge in [-0.2, -0.15) is 0 Å². The molecule has 0 aliphatic heterocycles. The molecule has 1 atom stereocenters. The molecule has 2 N–H and O–H groups in total. The molecule has 2 rings (SSSR count). The third-order valence-corrected chi connectivity index (χ3v) is 4.43. The Morgan fingerprint density at radius 1 is 1.16 bits per heavy atom. The molecule has 0 radical (unpaired) electrons. The van der Waals surface area contributed by atoms with Gasteiger partial charge >= 0.3 is 0 Å². The molecule has 1 fully saturated rings. The van der Waals surface area contributed by atoms with E-state index in [4.69, 9.17) is 0 Å². The predicted octanol–water partition coefficient (Wildman–Crippen LogP) is 3.59. The zero-order valence-corrected chi connectivity index (χ0v) is 12.2. The molecule has 1 aliphatic carbocycles. The number of aliphatic hydroxyl groups excluding tert-OH is 1. The van der Waals surface area contributed by atoms with Crippen LogP contribution in [0, 0.1) is 12.8 Å². The second-order valence-corrected chi connectivity index (χ2v) is 5.94. The van der Waals surface area contributed by atoms with Crippen molar-refractivity contribution in [2.75, 3.05) is 6.61 Å². The van der Waals surface area contributed by atoms with E-state index < -0.39 is 0 Å². The number of hydrogen-bond acceptors (Lipinski definition) is 2. The molecule has 0 bridgehead atoms. The first-order valence-electron chi connectivity index (χ1n) is 7.66. The van der Waals surface area contributed by atoms with Crippen LogP contribution in [0.15, 0.2) is 24.3 Å². The zero-order chi connectivity index (χ0) is 13.7. The van der Waals surface area contributed by atoms with E-state index in [1.54, 1.807) is 0 Å². The van der Waals surface area contributed by atoms with Crippen LogP contribution in [0.1, 0.15) is 56.2 Å². The Kier molecular flexibility index (Phi) is 5.41. The van der Waals surface area contributed by atoms with Gasteiger partial charge in [-0.05, 0) is 50.5 Å². The van der Waals surface area contributed by atoms with E-state index in [-0.39, 0.29) is 0 Å². The van der Waals surface area contributed by atoms with Crippen molar-refractivity contribution in [2.24, 2.45) is 5.92 Å². The molecule has 0 spiro atoms. The van der Waals surface area contributed by atoms with Gasteiger partial charge in [0.2, 0.25) is 0 Å². The van der Waals surface area contributed by atoms with Gasteiger partial charge in [-0.25, -0.2) is 0 Å². The standard InChI is InChI=1S/C17H27NO/c1-3-17(15-8-4-13(2)5-9-15)18-16-10-6-14(12-19)7-11-16/h4-5,8-9,14,16-19H,3,6-7,10-12H2,1-2H3. The highest BCUT2D eigenvalue weighted by Crippen LogP contribution is 2.27. The van der Waals surface area contributed by atoms with Crippen LogP contribution in [0.5, 0.6) is 0 Å². The summed E-state index contributed by atoms with van der Waals surface area (Å²) < 4.78 is 0. The quantitative estimate of drug-likeness (QED) is 0.849. The van der Waals surface area contributed by atoms with Gasteiger partial charge in [0.1, 0.15) is 0 Å². The summed E-state index contributed by atoms with van der Waals surface area (Å²) in [6.45, 7) is 4.74. The zero-order valence-electron chi connectivity index (χ0n) is 12.2. The molecule has 19 heavy (non-hydrogen) atoms. The van der Waals surface area contributed by atoms with Gasteiger partial charge in [0, 0.05) is 18.7 Å². The Hall–Kier alpha value is -0.860. The Labute approximate surface area is 117 Å². The first kappa shape index (κ1) is 14.5. The topological polar surface area (TPSA) is 32.3 Å². The lowest BCUT2D eigenvalue weighted by atomic mass is 9.86. The van der Waals surface area contributed by atoms with Crippen molar-refractivity contribution in [1.29, 1.82) is 0 Å². The molecule has 1 aromatic rings. The van der Waals surface area contributed by atoms with Gasteiger partial charge in [0.25, 0.3) is 0 Å². The van der Waals surface area contributed by atoms with E-state index in [0.29, 0.717) is 24.6 Å². The summed E-state index contributed by atoms with van der Waals surface area (Å²) in [6, 6.07) is 9.97. The Bertz CT molecular complexity index is 365. The number of benzene rings is 1. The summed E-state index contributed by atoms with van der Waals surface area (Å²) >= 11 is 0. The van der Waals surface area contributed by atoms with Crippen LogP contribution in [0.25, 0.3) is 0 Å². The lowest BCUT2D eigenvalue weighted by molar-refractivity contribution is 0.171. The fourth-order valence-corrected chi connectivity index (χ4v) is 3.04. The highest BCUT2D eigenvalue weighted by atomic mass is 16.3. The van der Waals surface area contributed by atoms with Crippen LogP contribution in [-0.4, -0.2) is 17.8 Å². The summed E-state index contributed by atoms with van der Waals surface area (Å²) in [5.74, 6) is 0.539. The molecule has 2 nitrogen and oxygen atoms in total. The van der Waals surface area contributed by atoms with E-state index in [9.17, 15) is 5.11 Å². The fourth-order valence-electron chi connectivity index (χ4n) is 3.04. The third-order valence-electron chi connectivity index (χ3n) is 4.43. The average Bonchev–Trinajstić information content (AvgIpc) is 2.46. The smallest absolute Gasteiger partial charge is 0.0459 e. The van der Waals surface area contributed by atoms with Gasteiger partial charge in [-0.15, -0.1) is 0 Å². The van der Waals surface area contributed by atoms with E-state index in [1.807, 2.05) is 0 Å². The Morgan fingerprint density at radius 2 is 1.79 bits per heavy atom. The van der Waals surface area contributed by atoms with Crippen LogP contribution < -0.4 is 5.32 Å². The maximum atomic E-state index is 9.19. The average molecular weight is 261 g/mol. The van der Waals surface area contributed by atoms with E-state index >= 15 is 0 Å². The summed E-state index contributed by atoms with van der Waals surface area (Å²) in [6.07, 6.45) is 5.86. The highest BCUT2D eigenvalue weighted by Gasteiger charge is 2.22. The SMILES string of the molecule is CCC(NC1CCC(CO)CC1)c1ccc(C)cc1. The minimum absolute atomic E-state index is 0.363. The van der Waals surface area contributed by atoms with Crippen molar-refractivity contribution in [1.82, 2.24) is 5.32 Å². The minimum Gasteiger partial charge on any atom is -0.396 e. The van der Waals surface area contributed by atoms with Crippen molar-refractivity contribution in [2.45, 2.75) is 58.0 Å². The van der Waals surface area contributed by atoms with Crippen molar-refractivity contribution in [3.05, 3.63) is 35.4 Å². The van der Waals surface area contributed by atoms with E-state index in [2.05, 4.69) is 43.4 Å². The van der Waals surface area contributed by atoms with E-state index in [0.717, 1.165) is 6.42 Å². The van der Waals surface area contributed by atoms with Crippen molar-refractivity contribution in [3.63, 3.8) is 0 Å². The second kappa shape index (κ2) is 7.06. The molecule has 1 aliphatic rings. The summed E-state index contributed by atoms with van der Waals surface area (Å²) in [5.41, 5.74) is 2.72. The van der Waals surface area contributed by atoms with Crippen LogP contribution in [-0.2, 0) is 0 Å². The van der Waals surface area contributed by atoms with Crippen LogP contribution in [0.2, 0.25) is 0 Å². The molecule has 1 unspecified atom stereocenters. The Morgan fingerprint density at radius 3 is 2.32 bits per heavy atom. The maximum Gasteiger partial charge on any atom is 0.0459 e. The van der Waals surface area contributed by atoms with Gasteiger partial charge < -0.3 is 10.4 Å². The van der Waals surface area contributed by atoms with Gasteiger partial charge in [-0.3, -0.25) is 0 Å². The van der Waals surface area contributed by atoms with Crippen LogP contribution >= 0.6 is 0 Å². The minimum atomic E-state index is 0.363. The van der Waals surface area contributed by atoms with Crippen molar-refractivity contribution >= 4 is 0 Å². The van der Waals surface area contributed by atoms with Gasteiger partial charge in [-0.1, -0.05) is 36.8 Å². The molecular weight excluding hydrogens is 234 g/mol. The number of nitrogens with one attached hydrogen (secondary N) is 1. The fraction of sp³-hybridized carbons (Fsp3) is 0.647. The summed E-state index contributed by atoms with van der Waals surface area (Å²) in [4.78, 5) is 0. The number of aliphatic hydroxyl groups is 1. The lowest BCUT2D eigenvalue weighted by Gasteiger charge is -2.31. The van der Waals surface area contributed by atoms with E-state index in [1.165, 1.54) is 36.8 Å². The second-order valence-electron chi connectivity index (χ2n) is 5.94.